The Morgan fingerprint density at radius 3 is 2.39 bits per heavy atom. The van der Waals surface area contributed by atoms with Gasteiger partial charge in [-0.3, -0.25) is 10.1 Å². The molecule has 0 radical (unpaired) electrons. The normalized spacial score (nSPS) is 12.0. The van der Waals surface area contributed by atoms with Gasteiger partial charge in [0.15, 0.2) is 5.75 Å². The van der Waals surface area contributed by atoms with E-state index in [1.54, 1.807) is 6.07 Å². The Morgan fingerprint density at radius 1 is 1.13 bits per heavy atom. The van der Waals surface area contributed by atoms with Gasteiger partial charge in [0.05, 0.1) is 4.92 Å². The van der Waals surface area contributed by atoms with E-state index in [0.717, 1.165) is 0 Å². The van der Waals surface area contributed by atoms with Crippen molar-refractivity contribution >= 4 is 5.69 Å². The number of benzene rings is 2. The maximum absolute atomic E-state index is 12.0. The zero-order chi connectivity index (χ0) is 16.8. The second-order valence-corrected chi connectivity index (χ2v) is 4.50. The Labute approximate surface area is 130 Å². The minimum atomic E-state index is -2.92. The number of aliphatic hydroxyl groups is 1. The van der Waals surface area contributed by atoms with Crippen molar-refractivity contribution in [1.29, 1.82) is 0 Å². The predicted molar refractivity (Wildman–Crippen MR) is 76.6 cm³/mol. The zero-order valence-electron chi connectivity index (χ0n) is 11.8. The summed E-state index contributed by atoms with van der Waals surface area (Å²) >= 11 is 0. The average Bonchev–Trinajstić information content (AvgIpc) is 2.53. The van der Waals surface area contributed by atoms with Crippen LogP contribution in [0.15, 0.2) is 48.5 Å². The minimum Gasteiger partial charge on any atom is -0.484 e. The summed E-state index contributed by atoms with van der Waals surface area (Å²) in [6, 6.07) is 11.2. The molecule has 0 aliphatic heterocycles. The van der Waals surface area contributed by atoms with Crippen LogP contribution in [0.1, 0.15) is 11.7 Å². The van der Waals surface area contributed by atoms with Gasteiger partial charge in [-0.2, -0.15) is 8.78 Å². The van der Waals surface area contributed by atoms with Crippen molar-refractivity contribution in [3.63, 3.8) is 0 Å². The van der Waals surface area contributed by atoms with Crippen molar-refractivity contribution in [2.45, 2.75) is 12.7 Å². The SMILES string of the molecule is O=[N+]([O-])c1ccccc1OCC(O)c1ccc(OC(F)F)cc1. The predicted octanol–water partition coefficient (Wildman–Crippen LogP) is 3.31. The lowest BCUT2D eigenvalue weighted by atomic mass is 10.1. The van der Waals surface area contributed by atoms with Crippen molar-refractivity contribution in [2.24, 2.45) is 0 Å². The quantitative estimate of drug-likeness (QED) is 0.624. The molecule has 2 aromatic rings. The van der Waals surface area contributed by atoms with Gasteiger partial charge >= 0.3 is 12.3 Å². The summed E-state index contributed by atoms with van der Waals surface area (Å²) in [5.41, 5.74) is 0.200. The van der Waals surface area contributed by atoms with Gasteiger partial charge < -0.3 is 14.6 Å². The van der Waals surface area contributed by atoms with Crippen LogP contribution in [-0.2, 0) is 0 Å². The summed E-state index contributed by atoms with van der Waals surface area (Å²) in [7, 11) is 0. The highest BCUT2D eigenvalue weighted by atomic mass is 19.3. The van der Waals surface area contributed by atoms with Crippen molar-refractivity contribution in [2.75, 3.05) is 6.61 Å². The second-order valence-electron chi connectivity index (χ2n) is 4.50. The number of nitro benzene ring substituents is 1. The van der Waals surface area contributed by atoms with E-state index in [1.165, 1.54) is 42.5 Å². The topological polar surface area (TPSA) is 81.8 Å². The summed E-state index contributed by atoms with van der Waals surface area (Å²) in [6.45, 7) is -3.15. The lowest BCUT2D eigenvalue weighted by Crippen LogP contribution is -2.10. The number of alkyl halides is 2. The van der Waals surface area contributed by atoms with E-state index in [-0.39, 0.29) is 23.8 Å². The van der Waals surface area contributed by atoms with Crippen LogP contribution in [0.3, 0.4) is 0 Å². The van der Waals surface area contributed by atoms with E-state index in [4.69, 9.17) is 4.74 Å². The fourth-order valence-electron chi connectivity index (χ4n) is 1.87. The van der Waals surface area contributed by atoms with Crippen LogP contribution < -0.4 is 9.47 Å². The molecule has 1 atom stereocenters. The van der Waals surface area contributed by atoms with E-state index in [9.17, 15) is 24.0 Å². The summed E-state index contributed by atoms with van der Waals surface area (Å²) in [5.74, 6) is 0.00442. The molecule has 6 nitrogen and oxygen atoms in total. The van der Waals surface area contributed by atoms with Gasteiger partial charge in [0.1, 0.15) is 18.5 Å². The van der Waals surface area contributed by atoms with Crippen molar-refractivity contribution in [1.82, 2.24) is 0 Å². The molecular weight excluding hydrogens is 312 g/mol. The number of nitro groups is 1. The summed E-state index contributed by atoms with van der Waals surface area (Å²) in [5, 5.41) is 20.9. The van der Waals surface area contributed by atoms with Crippen LogP contribution >= 0.6 is 0 Å². The molecule has 0 saturated heterocycles. The van der Waals surface area contributed by atoms with Crippen molar-refractivity contribution in [3.8, 4) is 11.5 Å². The molecule has 0 aliphatic carbocycles. The number of aliphatic hydroxyl groups excluding tert-OH is 1. The van der Waals surface area contributed by atoms with E-state index < -0.39 is 17.6 Å². The highest BCUT2D eigenvalue weighted by Crippen LogP contribution is 2.27. The first-order chi connectivity index (χ1) is 11.0. The molecule has 0 aromatic heterocycles. The van der Waals surface area contributed by atoms with E-state index in [1.807, 2.05) is 0 Å². The highest BCUT2D eigenvalue weighted by molar-refractivity contribution is 5.45. The lowest BCUT2D eigenvalue weighted by molar-refractivity contribution is -0.385. The number of hydrogen-bond acceptors (Lipinski definition) is 5. The van der Waals surface area contributed by atoms with Gasteiger partial charge in [-0.1, -0.05) is 24.3 Å². The van der Waals surface area contributed by atoms with Crippen LogP contribution in [0, 0.1) is 10.1 Å². The Kier molecular flexibility index (Phi) is 5.42. The third-order valence-electron chi connectivity index (χ3n) is 2.95. The molecule has 1 N–H and O–H groups in total. The number of para-hydroxylation sites is 2. The first-order valence-corrected chi connectivity index (χ1v) is 6.56. The minimum absolute atomic E-state index is 0.0319. The van der Waals surface area contributed by atoms with Crippen LogP contribution in [0.25, 0.3) is 0 Å². The average molecular weight is 325 g/mol. The van der Waals surface area contributed by atoms with Gasteiger partial charge in [0, 0.05) is 6.07 Å². The maximum Gasteiger partial charge on any atom is 0.387 e. The first-order valence-electron chi connectivity index (χ1n) is 6.56. The van der Waals surface area contributed by atoms with Gasteiger partial charge in [-0.15, -0.1) is 0 Å². The van der Waals surface area contributed by atoms with Crippen LogP contribution in [0.4, 0.5) is 14.5 Å². The van der Waals surface area contributed by atoms with Gasteiger partial charge in [-0.05, 0) is 23.8 Å². The molecule has 0 amide bonds. The third-order valence-corrected chi connectivity index (χ3v) is 2.95. The van der Waals surface area contributed by atoms with Crippen LogP contribution in [0.5, 0.6) is 11.5 Å². The third kappa shape index (κ3) is 4.62. The molecule has 0 heterocycles. The summed E-state index contributed by atoms with van der Waals surface area (Å²) < 4.78 is 33.6. The number of rotatable bonds is 7. The van der Waals surface area contributed by atoms with E-state index in [0.29, 0.717) is 5.56 Å². The Balaban J connectivity index is 2.00. The summed E-state index contributed by atoms with van der Waals surface area (Å²) in [6.07, 6.45) is -1.07. The van der Waals surface area contributed by atoms with Crippen molar-refractivity contribution in [3.05, 3.63) is 64.2 Å². The molecule has 8 heteroatoms. The molecule has 0 bridgehead atoms. The molecule has 2 aromatic carbocycles. The fraction of sp³-hybridized carbons (Fsp3) is 0.200. The highest BCUT2D eigenvalue weighted by Gasteiger charge is 2.16. The molecule has 23 heavy (non-hydrogen) atoms. The maximum atomic E-state index is 12.0. The molecule has 0 spiro atoms. The van der Waals surface area contributed by atoms with Crippen LogP contribution in [0.2, 0.25) is 0 Å². The Hall–Kier alpha value is -2.74. The van der Waals surface area contributed by atoms with Gasteiger partial charge in [0.25, 0.3) is 0 Å². The lowest BCUT2D eigenvalue weighted by Gasteiger charge is -2.13. The molecule has 0 aliphatic rings. The van der Waals surface area contributed by atoms with Gasteiger partial charge in [-0.25, -0.2) is 0 Å². The standard InChI is InChI=1S/C15H13F2NO5/c16-15(17)23-11-7-5-10(6-8-11)13(19)9-22-14-4-2-1-3-12(14)18(20)21/h1-8,13,15,19H,9H2. The molecule has 2 rings (SSSR count). The Morgan fingerprint density at radius 2 is 1.78 bits per heavy atom. The molecule has 122 valence electrons. The monoisotopic (exact) mass is 325 g/mol. The number of hydrogen-bond donors (Lipinski definition) is 1. The van der Waals surface area contributed by atoms with E-state index >= 15 is 0 Å². The van der Waals surface area contributed by atoms with E-state index in [2.05, 4.69) is 4.74 Å². The number of halogens is 2. The smallest absolute Gasteiger partial charge is 0.387 e. The van der Waals surface area contributed by atoms with Gasteiger partial charge in [0.2, 0.25) is 0 Å². The molecule has 0 fully saturated rings. The number of ether oxygens (including phenoxy) is 2. The first kappa shape index (κ1) is 16.6. The zero-order valence-corrected chi connectivity index (χ0v) is 11.8. The van der Waals surface area contributed by atoms with Crippen molar-refractivity contribution < 1.29 is 28.3 Å². The van der Waals surface area contributed by atoms with Crippen LogP contribution in [-0.4, -0.2) is 23.2 Å². The molecule has 0 saturated carbocycles. The largest absolute Gasteiger partial charge is 0.484 e. The number of nitrogens with zero attached hydrogens (tertiary/aromatic N) is 1. The fourth-order valence-corrected chi connectivity index (χ4v) is 1.87. The summed E-state index contributed by atoms with van der Waals surface area (Å²) in [4.78, 5) is 10.3. The Bertz CT molecular complexity index is 663. The molecule has 1 unspecified atom stereocenters. The second kappa shape index (κ2) is 7.50. The molecular formula is C15H13F2NO5.